The van der Waals surface area contributed by atoms with Crippen molar-refractivity contribution in [1.82, 2.24) is 0 Å². The summed E-state index contributed by atoms with van der Waals surface area (Å²) >= 11 is 0. The molecule has 0 aromatic carbocycles. The Balaban J connectivity index is 2.10. The lowest BCUT2D eigenvalue weighted by atomic mass is 9.68. The van der Waals surface area contributed by atoms with Crippen LogP contribution in [0.4, 0.5) is 0 Å². The molecule has 2 heteroatoms. The molecule has 0 aromatic rings. The highest BCUT2D eigenvalue weighted by molar-refractivity contribution is 6.20. The topological polar surface area (TPSA) is 34.1 Å². The second-order valence-electron chi connectivity index (χ2n) is 4.86. The van der Waals surface area contributed by atoms with E-state index in [1.807, 2.05) is 37.3 Å². The van der Waals surface area contributed by atoms with Crippen LogP contribution in [-0.2, 0) is 9.59 Å². The van der Waals surface area contributed by atoms with Gasteiger partial charge in [0.15, 0.2) is 11.6 Å². The van der Waals surface area contributed by atoms with Crippen molar-refractivity contribution in [3.8, 4) is 0 Å². The Hall–Kier alpha value is -1.70. The van der Waals surface area contributed by atoms with Crippen LogP contribution in [0, 0.1) is 11.8 Å². The fraction of sp³-hybridized carbons (Fsp3) is 0.333. The molecule has 3 aliphatic rings. The highest BCUT2D eigenvalue weighted by Gasteiger charge is 2.42. The number of rotatable bonds is 0. The molecule has 3 rings (SSSR count). The van der Waals surface area contributed by atoms with Gasteiger partial charge in [0.2, 0.25) is 0 Å². The quantitative estimate of drug-likeness (QED) is 0.636. The first-order valence-corrected chi connectivity index (χ1v) is 6.04. The zero-order valence-electron chi connectivity index (χ0n) is 9.77. The predicted molar refractivity (Wildman–Crippen MR) is 65.3 cm³/mol. The summed E-state index contributed by atoms with van der Waals surface area (Å²) in [5, 5.41) is 0. The molecule has 0 aliphatic heterocycles. The van der Waals surface area contributed by atoms with E-state index < -0.39 is 0 Å². The Bertz CT molecular complexity index is 529. The average Bonchev–Trinajstić information content (AvgIpc) is 2.36. The molecule has 0 N–H and O–H groups in total. The van der Waals surface area contributed by atoms with E-state index in [0.29, 0.717) is 11.1 Å². The fourth-order valence-electron chi connectivity index (χ4n) is 2.81. The SMILES string of the molecule is CC1=CC2C(=O)C3=CCCC=C3C(=O)C2C=C1. The Labute approximate surface area is 100 Å². The highest BCUT2D eigenvalue weighted by Crippen LogP contribution is 2.38. The second kappa shape index (κ2) is 3.66. The Morgan fingerprint density at radius 3 is 2.24 bits per heavy atom. The molecule has 86 valence electrons. The average molecular weight is 226 g/mol. The van der Waals surface area contributed by atoms with Crippen LogP contribution in [0.1, 0.15) is 19.8 Å². The molecular weight excluding hydrogens is 212 g/mol. The first-order valence-electron chi connectivity index (χ1n) is 6.04. The number of ketones is 2. The van der Waals surface area contributed by atoms with Crippen molar-refractivity contribution in [1.29, 1.82) is 0 Å². The summed E-state index contributed by atoms with van der Waals surface area (Å²) in [7, 11) is 0. The fourth-order valence-corrected chi connectivity index (χ4v) is 2.81. The van der Waals surface area contributed by atoms with Crippen LogP contribution < -0.4 is 0 Å². The highest BCUT2D eigenvalue weighted by atomic mass is 16.1. The predicted octanol–water partition coefficient (Wildman–Crippen LogP) is 2.53. The summed E-state index contributed by atoms with van der Waals surface area (Å²) in [6.07, 6.45) is 11.3. The minimum Gasteiger partial charge on any atom is -0.293 e. The third-order valence-corrected chi connectivity index (χ3v) is 3.69. The van der Waals surface area contributed by atoms with Gasteiger partial charge in [-0.25, -0.2) is 0 Å². The van der Waals surface area contributed by atoms with Crippen LogP contribution in [0.2, 0.25) is 0 Å². The Kier molecular flexibility index (Phi) is 2.25. The molecule has 17 heavy (non-hydrogen) atoms. The van der Waals surface area contributed by atoms with Gasteiger partial charge in [-0.1, -0.05) is 36.0 Å². The van der Waals surface area contributed by atoms with Crippen molar-refractivity contribution in [3.05, 3.63) is 47.1 Å². The van der Waals surface area contributed by atoms with Gasteiger partial charge in [0.05, 0.1) is 11.8 Å². The summed E-state index contributed by atoms with van der Waals surface area (Å²) < 4.78 is 0. The number of Topliss-reactive ketones (excluding diaryl/α,β-unsaturated/α-hetero) is 2. The summed E-state index contributed by atoms with van der Waals surface area (Å²) in [6, 6.07) is 0. The van der Waals surface area contributed by atoms with Gasteiger partial charge in [-0.15, -0.1) is 0 Å². The summed E-state index contributed by atoms with van der Waals surface area (Å²) in [6.45, 7) is 1.96. The molecule has 1 saturated carbocycles. The molecule has 0 amide bonds. The first kappa shape index (κ1) is 10.5. The van der Waals surface area contributed by atoms with E-state index in [0.717, 1.165) is 18.4 Å². The van der Waals surface area contributed by atoms with Gasteiger partial charge in [-0.05, 0) is 19.8 Å². The van der Waals surface area contributed by atoms with Gasteiger partial charge in [0.1, 0.15) is 0 Å². The molecule has 2 unspecified atom stereocenters. The Morgan fingerprint density at radius 2 is 1.59 bits per heavy atom. The number of fused-ring (bicyclic) bond motifs is 2. The van der Waals surface area contributed by atoms with Gasteiger partial charge in [0, 0.05) is 11.1 Å². The molecule has 0 aromatic heterocycles. The summed E-state index contributed by atoms with van der Waals surface area (Å²) in [5.74, 6) is -0.313. The van der Waals surface area contributed by atoms with Gasteiger partial charge in [-0.3, -0.25) is 9.59 Å². The van der Waals surface area contributed by atoms with E-state index in [-0.39, 0.29) is 23.4 Å². The maximum absolute atomic E-state index is 12.3. The molecule has 1 fully saturated rings. The number of hydrogen-bond acceptors (Lipinski definition) is 2. The van der Waals surface area contributed by atoms with Gasteiger partial charge < -0.3 is 0 Å². The smallest absolute Gasteiger partial charge is 0.171 e. The van der Waals surface area contributed by atoms with Crippen molar-refractivity contribution in [2.24, 2.45) is 11.8 Å². The van der Waals surface area contributed by atoms with Crippen LogP contribution in [-0.4, -0.2) is 11.6 Å². The molecule has 0 radical (unpaired) electrons. The van der Waals surface area contributed by atoms with Crippen LogP contribution >= 0.6 is 0 Å². The van der Waals surface area contributed by atoms with E-state index >= 15 is 0 Å². The van der Waals surface area contributed by atoms with Crippen molar-refractivity contribution in [3.63, 3.8) is 0 Å². The van der Waals surface area contributed by atoms with E-state index in [1.165, 1.54) is 0 Å². The van der Waals surface area contributed by atoms with Crippen LogP contribution in [0.5, 0.6) is 0 Å². The summed E-state index contributed by atoms with van der Waals surface area (Å²) in [4.78, 5) is 24.6. The van der Waals surface area contributed by atoms with E-state index in [4.69, 9.17) is 0 Å². The molecule has 0 bridgehead atoms. The van der Waals surface area contributed by atoms with E-state index in [9.17, 15) is 9.59 Å². The van der Waals surface area contributed by atoms with Crippen LogP contribution in [0.25, 0.3) is 0 Å². The lowest BCUT2D eigenvalue weighted by Gasteiger charge is -2.32. The molecule has 0 saturated heterocycles. The maximum Gasteiger partial charge on any atom is 0.171 e. The number of allylic oxidation sites excluding steroid dienone is 8. The number of hydrogen-bond donors (Lipinski definition) is 0. The lowest BCUT2D eigenvalue weighted by molar-refractivity contribution is -0.127. The van der Waals surface area contributed by atoms with Gasteiger partial charge in [-0.2, -0.15) is 0 Å². The minimum absolute atomic E-state index is 0.112. The van der Waals surface area contributed by atoms with Crippen molar-refractivity contribution in [2.45, 2.75) is 19.8 Å². The van der Waals surface area contributed by atoms with Crippen molar-refractivity contribution >= 4 is 11.6 Å². The lowest BCUT2D eigenvalue weighted by Crippen LogP contribution is -2.38. The zero-order valence-corrected chi connectivity index (χ0v) is 9.77. The number of carbonyl (C=O) groups excluding carboxylic acids is 2. The minimum atomic E-state index is -0.271. The summed E-state index contributed by atoms with van der Waals surface area (Å²) in [5.41, 5.74) is 2.37. The van der Waals surface area contributed by atoms with Crippen LogP contribution in [0.15, 0.2) is 47.1 Å². The molecule has 2 atom stereocenters. The monoisotopic (exact) mass is 226 g/mol. The van der Waals surface area contributed by atoms with E-state index in [2.05, 4.69) is 0 Å². The molecule has 2 nitrogen and oxygen atoms in total. The molecule has 0 heterocycles. The molecule has 3 aliphatic carbocycles. The standard InChI is InChI=1S/C15H14O2/c1-9-6-7-12-13(8-9)15(17)11-5-3-2-4-10(11)14(12)16/h4-8,12-13H,2-3H2,1H3. The molecule has 0 spiro atoms. The van der Waals surface area contributed by atoms with Gasteiger partial charge in [0.25, 0.3) is 0 Å². The van der Waals surface area contributed by atoms with Crippen molar-refractivity contribution < 1.29 is 9.59 Å². The normalized spacial score (nSPS) is 31.2. The third kappa shape index (κ3) is 1.47. The maximum atomic E-state index is 12.3. The third-order valence-electron chi connectivity index (χ3n) is 3.69. The van der Waals surface area contributed by atoms with E-state index in [1.54, 1.807) is 0 Å². The van der Waals surface area contributed by atoms with Gasteiger partial charge >= 0.3 is 0 Å². The second-order valence-corrected chi connectivity index (χ2v) is 4.86. The zero-order chi connectivity index (χ0) is 12.0. The first-order chi connectivity index (χ1) is 8.18. The van der Waals surface area contributed by atoms with Crippen molar-refractivity contribution in [2.75, 3.05) is 0 Å². The van der Waals surface area contributed by atoms with Crippen LogP contribution in [0.3, 0.4) is 0 Å². The molecular formula is C15H14O2. The Morgan fingerprint density at radius 1 is 1.00 bits per heavy atom. The largest absolute Gasteiger partial charge is 0.293 e. The number of carbonyl (C=O) groups is 2.